The van der Waals surface area contributed by atoms with Crippen LogP contribution in [0, 0.1) is 0 Å². The van der Waals surface area contributed by atoms with Gasteiger partial charge in [0.25, 0.3) is 0 Å². The smallest absolute Gasteiger partial charge is 0.408 e. The van der Waals surface area contributed by atoms with Crippen LogP contribution in [0.3, 0.4) is 0 Å². The molecule has 0 aliphatic carbocycles. The fourth-order valence-corrected chi connectivity index (χ4v) is 5.27. The minimum atomic E-state index is -3.80. The summed E-state index contributed by atoms with van der Waals surface area (Å²) >= 11 is 1.51. The van der Waals surface area contributed by atoms with Gasteiger partial charge in [-0.15, -0.1) is 11.3 Å². The molecule has 0 unspecified atom stereocenters. The standard InChI is InChI=1S/C19H19N3O4S2/c1-20-9-3-5-14(20)12-22(13-15-6-4-10-27-15)28(24,25)16-7-8-18-17(11-16)21(2)19(23)26-18/h3-11H,12-13H2,1-2H3. The lowest BCUT2D eigenvalue weighted by molar-refractivity contribution is 0.395. The van der Waals surface area contributed by atoms with E-state index in [1.165, 1.54) is 38.4 Å². The van der Waals surface area contributed by atoms with E-state index in [4.69, 9.17) is 4.42 Å². The normalized spacial score (nSPS) is 12.2. The Morgan fingerprint density at radius 2 is 1.93 bits per heavy atom. The summed E-state index contributed by atoms with van der Waals surface area (Å²) in [6.45, 7) is 0.514. The van der Waals surface area contributed by atoms with E-state index in [1.54, 1.807) is 7.05 Å². The lowest BCUT2D eigenvalue weighted by Gasteiger charge is -2.22. The second-order valence-electron chi connectivity index (χ2n) is 6.52. The summed E-state index contributed by atoms with van der Waals surface area (Å²) in [5, 5.41) is 1.93. The molecular weight excluding hydrogens is 398 g/mol. The maximum absolute atomic E-state index is 13.5. The molecule has 0 radical (unpaired) electrons. The van der Waals surface area contributed by atoms with Crippen LogP contribution in [-0.4, -0.2) is 21.9 Å². The topological polar surface area (TPSA) is 77.5 Å². The molecule has 146 valence electrons. The number of rotatable bonds is 6. The Bertz CT molecular complexity index is 1280. The second kappa shape index (κ2) is 7.08. The number of benzene rings is 1. The van der Waals surface area contributed by atoms with Crippen LogP contribution >= 0.6 is 11.3 Å². The molecule has 0 aliphatic rings. The molecule has 7 nitrogen and oxygen atoms in total. The number of nitrogens with zero attached hydrogens (tertiary/aromatic N) is 3. The molecule has 9 heteroatoms. The van der Waals surface area contributed by atoms with Crippen molar-refractivity contribution in [2.24, 2.45) is 14.1 Å². The van der Waals surface area contributed by atoms with Crippen LogP contribution in [0.5, 0.6) is 0 Å². The van der Waals surface area contributed by atoms with Crippen LogP contribution in [-0.2, 0) is 37.2 Å². The number of oxazole rings is 1. The Balaban J connectivity index is 1.78. The average molecular weight is 418 g/mol. The summed E-state index contributed by atoms with van der Waals surface area (Å²) in [6, 6.07) is 12.1. The zero-order valence-corrected chi connectivity index (χ0v) is 17.0. The van der Waals surface area contributed by atoms with E-state index in [1.807, 2.05) is 47.5 Å². The van der Waals surface area contributed by atoms with Crippen molar-refractivity contribution in [1.29, 1.82) is 0 Å². The van der Waals surface area contributed by atoms with Crippen molar-refractivity contribution in [2.75, 3.05) is 0 Å². The average Bonchev–Trinajstić information content (AvgIpc) is 3.38. The molecule has 4 aromatic rings. The van der Waals surface area contributed by atoms with Crippen LogP contribution in [0.4, 0.5) is 0 Å². The van der Waals surface area contributed by atoms with Crippen molar-refractivity contribution in [3.8, 4) is 0 Å². The number of hydrogen-bond acceptors (Lipinski definition) is 5. The summed E-state index contributed by atoms with van der Waals surface area (Å²) in [6.07, 6.45) is 1.89. The predicted molar refractivity (Wildman–Crippen MR) is 108 cm³/mol. The highest BCUT2D eigenvalue weighted by Gasteiger charge is 2.27. The molecule has 0 atom stereocenters. The molecule has 3 heterocycles. The lowest BCUT2D eigenvalue weighted by Crippen LogP contribution is -2.30. The Morgan fingerprint density at radius 3 is 2.61 bits per heavy atom. The van der Waals surface area contributed by atoms with Crippen LogP contribution in [0.2, 0.25) is 0 Å². The van der Waals surface area contributed by atoms with Gasteiger partial charge in [0.15, 0.2) is 5.58 Å². The van der Waals surface area contributed by atoms with Crippen molar-refractivity contribution in [1.82, 2.24) is 13.4 Å². The molecule has 0 saturated heterocycles. The van der Waals surface area contributed by atoms with E-state index >= 15 is 0 Å². The van der Waals surface area contributed by atoms with E-state index in [2.05, 4.69) is 0 Å². The molecular formula is C19H19N3O4S2. The first kappa shape index (κ1) is 18.7. The molecule has 0 saturated carbocycles. The van der Waals surface area contributed by atoms with E-state index in [-0.39, 0.29) is 18.0 Å². The van der Waals surface area contributed by atoms with Gasteiger partial charge in [-0.25, -0.2) is 13.2 Å². The third kappa shape index (κ3) is 3.32. The van der Waals surface area contributed by atoms with E-state index < -0.39 is 15.8 Å². The first-order valence-corrected chi connectivity index (χ1v) is 10.9. The quantitative estimate of drug-likeness (QED) is 0.483. The monoisotopic (exact) mass is 417 g/mol. The highest BCUT2D eigenvalue weighted by molar-refractivity contribution is 7.89. The summed E-state index contributed by atoms with van der Waals surface area (Å²) < 4.78 is 36.7. The molecule has 28 heavy (non-hydrogen) atoms. The van der Waals surface area contributed by atoms with Gasteiger partial charge in [-0.2, -0.15) is 4.31 Å². The van der Waals surface area contributed by atoms with Gasteiger partial charge < -0.3 is 8.98 Å². The molecule has 1 aromatic carbocycles. The van der Waals surface area contributed by atoms with E-state index in [0.29, 0.717) is 11.1 Å². The lowest BCUT2D eigenvalue weighted by atomic mass is 10.3. The molecule has 0 aliphatic heterocycles. The summed E-state index contributed by atoms with van der Waals surface area (Å²) in [5.41, 5.74) is 1.69. The van der Waals surface area contributed by atoms with Gasteiger partial charge in [0.2, 0.25) is 10.0 Å². The van der Waals surface area contributed by atoms with Crippen LogP contribution < -0.4 is 5.76 Å². The number of sulfonamides is 1. The maximum Gasteiger partial charge on any atom is 0.419 e. The van der Waals surface area contributed by atoms with Gasteiger partial charge in [-0.05, 0) is 41.8 Å². The van der Waals surface area contributed by atoms with Gasteiger partial charge in [0.1, 0.15) is 0 Å². The van der Waals surface area contributed by atoms with Crippen LogP contribution in [0.15, 0.2) is 68.1 Å². The highest BCUT2D eigenvalue weighted by atomic mass is 32.2. The van der Waals surface area contributed by atoms with Gasteiger partial charge in [-0.1, -0.05) is 6.07 Å². The van der Waals surface area contributed by atoms with Gasteiger partial charge in [0.05, 0.1) is 17.0 Å². The third-order valence-corrected chi connectivity index (χ3v) is 7.35. The SMILES string of the molecule is Cn1cccc1CN(Cc1cccs1)S(=O)(=O)c1ccc2oc(=O)n(C)c2c1. The van der Waals surface area contributed by atoms with Crippen molar-refractivity contribution in [3.05, 3.63) is 75.2 Å². The maximum atomic E-state index is 13.5. The Hall–Kier alpha value is -2.62. The zero-order chi connectivity index (χ0) is 19.9. The molecule has 0 N–H and O–H groups in total. The minimum Gasteiger partial charge on any atom is -0.408 e. The second-order valence-corrected chi connectivity index (χ2v) is 9.49. The number of hydrogen-bond donors (Lipinski definition) is 0. The molecule has 0 amide bonds. The van der Waals surface area contributed by atoms with E-state index in [0.717, 1.165) is 10.6 Å². The molecule has 0 spiro atoms. The fraction of sp³-hybridized carbons (Fsp3) is 0.211. The Labute approximate surface area is 166 Å². The molecule has 4 rings (SSSR count). The Kier molecular flexibility index (Phi) is 4.74. The number of thiophene rings is 1. The van der Waals surface area contributed by atoms with E-state index in [9.17, 15) is 13.2 Å². The fourth-order valence-electron chi connectivity index (χ4n) is 3.06. The van der Waals surface area contributed by atoms with Crippen LogP contribution in [0.1, 0.15) is 10.6 Å². The molecule has 0 fully saturated rings. The number of fused-ring (bicyclic) bond motifs is 1. The molecule has 0 bridgehead atoms. The van der Waals surface area contributed by atoms with Crippen LogP contribution in [0.25, 0.3) is 11.1 Å². The van der Waals surface area contributed by atoms with Gasteiger partial charge in [0, 0.05) is 37.4 Å². The summed E-state index contributed by atoms with van der Waals surface area (Å²) in [5.74, 6) is -0.524. The highest BCUT2D eigenvalue weighted by Crippen LogP contribution is 2.25. The zero-order valence-electron chi connectivity index (χ0n) is 15.4. The Morgan fingerprint density at radius 1 is 1.11 bits per heavy atom. The number of aromatic nitrogens is 2. The minimum absolute atomic E-state index is 0.127. The first-order chi connectivity index (χ1) is 13.4. The summed E-state index contributed by atoms with van der Waals surface area (Å²) in [7, 11) is -0.358. The summed E-state index contributed by atoms with van der Waals surface area (Å²) in [4.78, 5) is 12.8. The third-order valence-electron chi connectivity index (χ3n) is 4.70. The van der Waals surface area contributed by atoms with Crippen molar-refractivity contribution in [3.63, 3.8) is 0 Å². The van der Waals surface area contributed by atoms with Crippen molar-refractivity contribution in [2.45, 2.75) is 18.0 Å². The van der Waals surface area contributed by atoms with Crippen molar-refractivity contribution < 1.29 is 12.8 Å². The van der Waals surface area contributed by atoms with Gasteiger partial charge in [-0.3, -0.25) is 4.57 Å². The molecule has 3 aromatic heterocycles. The van der Waals surface area contributed by atoms with Gasteiger partial charge >= 0.3 is 5.76 Å². The largest absolute Gasteiger partial charge is 0.419 e. The first-order valence-electron chi connectivity index (χ1n) is 8.58. The predicted octanol–water partition coefficient (Wildman–Crippen LogP) is 2.92. The van der Waals surface area contributed by atoms with Crippen molar-refractivity contribution >= 4 is 32.5 Å². The number of aryl methyl sites for hydroxylation is 2.